The third-order valence-electron chi connectivity index (χ3n) is 3.60. The highest BCUT2D eigenvalue weighted by atomic mass is 19.1. The number of halogens is 2. The highest BCUT2D eigenvalue weighted by Crippen LogP contribution is 2.38. The first-order valence-electron chi connectivity index (χ1n) is 8.71. The van der Waals surface area contributed by atoms with Gasteiger partial charge in [-0.1, -0.05) is 13.8 Å². The quantitative estimate of drug-likeness (QED) is 0.492. The summed E-state index contributed by atoms with van der Waals surface area (Å²) in [6, 6.07) is 4.76. The van der Waals surface area contributed by atoms with E-state index in [1.807, 2.05) is 13.8 Å². The van der Waals surface area contributed by atoms with Crippen LogP contribution in [0.5, 0.6) is 11.5 Å². The number of hydrogen-bond acceptors (Lipinski definition) is 5. The van der Waals surface area contributed by atoms with Gasteiger partial charge in [-0.15, -0.1) is 0 Å². The molecule has 150 valence electrons. The van der Waals surface area contributed by atoms with Gasteiger partial charge < -0.3 is 14.8 Å². The zero-order chi connectivity index (χ0) is 20.7. The second-order valence-electron chi connectivity index (χ2n) is 5.85. The average molecular weight is 394 g/mol. The first-order valence-corrected chi connectivity index (χ1v) is 8.71. The lowest BCUT2D eigenvalue weighted by atomic mass is 10.1. The number of rotatable bonds is 9. The van der Waals surface area contributed by atoms with Crippen molar-refractivity contribution in [1.82, 2.24) is 0 Å². The number of benzene rings is 2. The van der Waals surface area contributed by atoms with Crippen molar-refractivity contribution in [3.63, 3.8) is 0 Å². The van der Waals surface area contributed by atoms with E-state index in [0.29, 0.717) is 32.1 Å². The molecule has 0 atom stereocenters. The topological polar surface area (TPSA) is 90.7 Å². The van der Waals surface area contributed by atoms with Crippen LogP contribution in [0.3, 0.4) is 0 Å². The van der Waals surface area contributed by atoms with Crippen molar-refractivity contribution in [2.45, 2.75) is 26.7 Å². The number of ether oxygens (including phenoxy) is 2. The number of anilines is 1. The van der Waals surface area contributed by atoms with Gasteiger partial charge in [-0.2, -0.15) is 0 Å². The summed E-state index contributed by atoms with van der Waals surface area (Å²) in [6.45, 7) is 4.41. The largest absolute Gasteiger partial charge is 0.490 e. The Morgan fingerprint density at radius 3 is 2.25 bits per heavy atom. The molecule has 0 aliphatic rings. The number of nitro groups is 1. The van der Waals surface area contributed by atoms with E-state index in [2.05, 4.69) is 5.32 Å². The molecule has 0 aliphatic heterocycles. The fraction of sp³-hybridized carbons (Fsp3) is 0.316. The molecule has 7 nitrogen and oxygen atoms in total. The van der Waals surface area contributed by atoms with E-state index >= 15 is 0 Å². The van der Waals surface area contributed by atoms with Gasteiger partial charge in [0.25, 0.3) is 11.6 Å². The lowest BCUT2D eigenvalue weighted by Gasteiger charge is -2.14. The van der Waals surface area contributed by atoms with Gasteiger partial charge in [-0.3, -0.25) is 14.9 Å². The summed E-state index contributed by atoms with van der Waals surface area (Å²) in [5.74, 6) is -2.42. The van der Waals surface area contributed by atoms with Crippen LogP contribution in [0.2, 0.25) is 0 Å². The molecule has 1 amide bonds. The summed E-state index contributed by atoms with van der Waals surface area (Å²) in [7, 11) is 0. The zero-order valence-electron chi connectivity index (χ0n) is 15.5. The molecule has 0 aliphatic carbocycles. The summed E-state index contributed by atoms with van der Waals surface area (Å²) in [6.07, 6.45) is 1.36. The Labute approximate surface area is 160 Å². The van der Waals surface area contributed by atoms with E-state index < -0.39 is 33.7 Å². The molecule has 28 heavy (non-hydrogen) atoms. The molecule has 2 aromatic carbocycles. The lowest BCUT2D eigenvalue weighted by molar-refractivity contribution is -0.384. The second-order valence-corrected chi connectivity index (χ2v) is 5.85. The molecule has 0 saturated carbocycles. The molecule has 0 bridgehead atoms. The predicted molar refractivity (Wildman–Crippen MR) is 99.0 cm³/mol. The number of nitrogens with zero attached hydrogens (tertiary/aromatic N) is 1. The van der Waals surface area contributed by atoms with E-state index in [9.17, 15) is 23.7 Å². The van der Waals surface area contributed by atoms with Crippen molar-refractivity contribution in [2.24, 2.45) is 0 Å². The number of nitro benzene ring substituents is 1. The Balaban J connectivity index is 2.44. The van der Waals surface area contributed by atoms with Crippen LogP contribution in [0.4, 0.5) is 20.2 Å². The maximum atomic E-state index is 13.8. The molecule has 0 fully saturated rings. The molecule has 0 spiro atoms. The van der Waals surface area contributed by atoms with Crippen molar-refractivity contribution in [3.05, 3.63) is 57.6 Å². The van der Waals surface area contributed by atoms with Crippen molar-refractivity contribution in [1.29, 1.82) is 0 Å². The van der Waals surface area contributed by atoms with Gasteiger partial charge in [0.05, 0.1) is 29.8 Å². The summed E-state index contributed by atoms with van der Waals surface area (Å²) in [5, 5.41) is 13.7. The Hall–Kier alpha value is -3.23. The number of carbonyl (C=O) groups is 1. The molecule has 0 unspecified atom stereocenters. The monoisotopic (exact) mass is 394 g/mol. The van der Waals surface area contributed by atoms with Gasteiger partial charge in [0.1, 0.15) is 17.3 Å². The maximum Gasteiger partial charge on any atom is 0.296 e. The minimum absolute atomic E-state index is 0.164. The van der Waals surface area contributed by atoms with Crippen molar-refractivity contribution in [2.75, 3.05) is 18.5 Å². The van der Waals surface area contributed by atoms with Gasteiger partial charge in [0.15, 0.2) is 11.5 Å². The molecular formula is C19H20F2N2O5. The van der Waals surface area contributed by atoms with Gasteiger partial charge in [-0.05, 0) is 31.0 Å². The van der Waals surface area contributed by atoms with Gasteiger partial charge in [0, 0.05) is 6.07 Å². The number of nitrogens with one attached hydrogen (secondary N) is 1. The molecule has 0 radical (unpaired) electrons. The fourth-order valence-corrected chi connectivity index (χ4v) is 2.31. The van der Waals surface area contributed by atoms with Crippen LogP contribution in [-0.4, -0.2) is 24.0 Å². The van der Waals surface area contributed by atoms with Crippen LogP contribution >= 0.6 is 0 Å². The van der Waals surface area contributed by atoms with E-state index in [1.54, 1.807) is 0 Å². The average Bonchev–Trinajstić information content (AvgIpc) is 2.66. The first kappa shape index (κ1) is 21.1. The normalized spacial score (nSPS) is 10.4. The standard InChI is InChI=1S/C19H20F2N2O5/c1-3-7-27-17-10-15(16(23(25)26)11-18(17)28-8-4-2)22-19(24)13-9-12(20)5-6-14(13)21/h5-6,9-11H,3-4,7-8H2,1-2H3,(H,22,24). The van der Waals surface area contributed by atoms with Crippen LogP contribution in [-0.2, 0) is 0 Å². The molecule has 0 heterocycles. The number of hydrogen-bond donors (Lipinski definition) is 1. The van der Waals surface area contributed by atoms with Gasteiger partial charge in [-0.25, -0.2) is 8.78 Å². The van der Waals surface area contributed by atoms with E-state index in [1.165, 1.54) is 6.07 Å². The summed E-state index contributed by atoms with van der Waals surface area (Å²) in [5.41, 5.74) is -1.25. The minimum Gasteiger partial charge on any atom is -0.490 e. The van der Waals surface area contributed by atoms with Crippen LogP contribution in [0.25, 0.3) is 0 Å². The highest BCUT2D eigenvalue weighted by Gasteiger charge is 2.23. The van der Waals surface area contributed by atoms with E-state index in [4.69, 9.17) is 9.47 Å². The Bertz CT molecular complexity index is 874. The van der Waals surface area contributed by atoms with Gasteiger partial charge >= 0.3 is 0 Å². The van der Waals surface area contributed by atoms with Crippen molar-refractivity contribution in [3.8, 4) is 11.5 Å². The predicted octanol–water partition coefficient (Wildman–Crippen LogP) is 4.70. The molecule has 1 N–H and O–H groups in total. The van der Waals surface area contributed by atoms with Crippen LogP contribution in [0.1, 0.15) is 37.0 Å². The van der Waals surface area contributed by atoms with Gasteiger partial charge in [0.2, 0.25) is 0 Å². The maximum absolute atomic E-state index is 13.8. The zero-order valence-corrected chi connectivity index (χ0v) is 15.5. The summed E-state index contributed by atoms with van der Waals surface area (Å²) >= 11 is 0. The lowest BCUT2D eigenvalue weighted by Crippen LogP contribution is -2.15. The summed E-state index contributed by atoms with van der Waals surface area (Å²) < 4.78 is 38.2. The van der Waals surface area contributed by atoms with Crippen LogP contribution < -0.4 is 14.8 Å². The van der Waals surface area contributed by atoms with Crippen LogP contribution in [0.15, 0.2) is 30.3 Å². The molecule has 9 heteroatoms. The Morgan fingerprint density at radius 1 is 1.07 bits per heavy atom. The smallest absolute Gasteiger partial charge is 0.296 e. The molecule has 2 rings (SSSR count). The molecule has 2 aromatic rings. The molecular weight excluding hydrogens is 374 g/mol. The first-order chi connectivity index (χ1) is 13.4. The highest BCUT2D eigenvalue weighted by molar-refractivity contribution is 6.05. The van der Waals surface area contributed by atoms with Crippen molar-refractivity contribution < 1.29 is 28.0 Å². The summed E-state index contributed by atoms with van der Waals surface area (Å²) in [4.78, 5) is 23.1. The SMILES string of the molecule is CCCOc1cc(NC(=O)c2cc(F)ccc2F)c([N+](=O)[O-])cc1OCCC. The third kappa shape index (κ3) is 5.15. The minimum atomic E-state index is -1.02. The van der Waals surface area contributed by atoms with Crippen molar-refractivity contribution >= 4 is 17.3 Å². The Morgan fingerprint density at radius 2 is 1.68 bits per heavy atom. The Kier molecular flexibility index (Phi) is 7.25. The second kappa shape index (κ2) is 9.63. The third-order valence-corrected chi connectivity index (χ3v) is 3.60. The van der Waals surface area contributed by atoms with E-state index in [0.717, 1.165) is 18.2 Å². The fourth-order valence-electron chi connectivity index (χ4n) is 2.31. The molecule has 0 aromatic heterocycles. The van der Waals surface area contributed by atoms with E-state index in [-0.39, 0.29) is 17.2 Å². The molecule has 0 saturated heterocycles. The number of carbonyl (C=O) groups excluding carboxylic acids is 1. The number of amides is 1. The van der Waals surface area contributed by atoms with Crippen LogP contribution in [0, 0.1) is 21.7 Å².